The van der Waals surface area contributed by atoms with E-state index in [1.54, 1.807) is 12.4 Å². The van der Waals surface area contributed by atoms with Gasteiger partial charge in [0.25, 0.3) is 0 Å². The van der Waals surface area contributed by atoms with E-state index in [0.717, 1.165) is 28.5 Å². The molecule has 6 heteroatoms. The molecule has 0 N–H and O–H groups in total. The second-order valence-electron chi connectivity index (χ2n) is 8.93. The Morgan fingerprint density at radius 2 is 1.26 bits per heavy atom. The molecule has 2 aromatic heterocycles. The highest BCUT2D eigenvalue weighted by molar-refractivity contribution is 5.78. The largest absolute Gasteiger partial charge is 0.457 e. The Labute approximate surface area is 227 Å². The number of benzene rings is 4. The molecule has 190 valence electrons. The van der Waals surface area contributed by atoms with Gasteiger partial charge in [-0.15, -0.1) is 0 Å². The summed E-state index contributed by atoms with van der Waals surface area (Å²) in [4.78, 5) is 11.0. The number of para-hydroxylation sites is 2. The maximum Gasteiger partial charge on any atom is 0.219 e. The summed E-state index contributed by atoms with van der Waals surface area (Å²) in [6, 6.07) is 39.8. The van der Waals surface area contributed by atoms with Crippen LogP contribution in [-0.2, 0) is 7.05 Å². The van der Waals surface area contributed by atoms with Crippen LogP contribution in [0.5, 0.6) is 23.1 Å². The Balaban J connectivity index is 1.43. The summed E-state index contributed by atoms with van der Waals surface area (Å²) in [6.45, 7) is 0. The second-order valence-corrected chi connectivity index (χ2v) is 8.93. The average Bonchev–Trinajstić information content (AvgIpc) is 3.41. The van der Waals surface area contributed by atoms with E-state index in [9.17, 15) is 0 Å². The van der Waals surface area contributed by atoms with E-state index in [1.165, 1.54) is 0 Å². The lowest BCUT2D eigenvalue weighted by molar-refractivity contribution is 0.449. The van der Waals surface area contributed by atoms with Gasteiger partial charge in [0.15, 0.2) is 0 Å². The monoisotopic (exact) mass is 510 g/mol. The summed E-state index contributed by atoms with van der Waals surface area (Å²) in [7, 11) is 1.97. The molecule has 6 nitrogen and oxygen atoms in total. The van der Waals surface area contributed by atoms with Gasteiger partial charge in [0.05, 0.1) is 5.69 Å². The van der Waals surface area contributed by atoms with E-state index in [-0.39, 0.29) is 0 Å². The van der Waals surface area contributed by atoms with Crippen LogP contribution in [0.4, 0.5) is 17.1 Å². The molecule has 0 saturated heterocycles. The molecule has 0 aliphatic rings. The summed E-state index contributed by atoms with van der Waals surface area (Å²) in [5, 5.41) is 0. The molecule has 6 aromatic rings. The minimum absolute atomic E-state index is 0.503. The van der Waals surface area contributed by atoms with Crippen molar-refractivity contribution in [2.75, 3.05) is 4.90 Å². The van der Waals surface area contributed by atoms with Gasteiger partial charge >= 0.3 is 0 Å². The molecule has 0 aliphatic carbocycles. The van der Waals surface area contributed by atoms with E-state index in [4.69, 9.17) is 9.47 Å². The molecule has 2 heterocycles. The van der Waals surface area contributed by atoms with Crippen LogP contribution in [0.1, 0.15) is 0 Å². The number of imidazole rings is 1. The first kappa shape index (κ1) is 24.0. The van der Waals surface area contributed by atoms with Crippen LogP contribution in [-0.4, -0.2) is 14.5 Å². The van der Waals surface area contributed by atoms with E-state index in [1.807, 2.05) is 115 Å². The normalized spacial score (nSPS) is 10.7. The zero-order valence-corrected chi connectivity index (χ0v) is 21.4. The molecule has 0 spiro atoms. The third kappa shape index (κ3) is 5.50. The minimum atomic E-state index is 0.503. The fourth-order valence-corrected chi connectivity index (χ4v) is 4.41. The first-order chi connectivity index (χ1) is 19.2. The Bertz CT molecular complexity index is 1630. The van der Waals surface area contributed by atoms with Gasteiger partial charge in [-0.05, 0) is 42.5 Å². The molecular formula is C33H26N4O2. The fourth-order valence-electron chi connectivity index (χ4n) is 4.41. The van der Waals surface area contributed by atoms with E-state index >= 15 is 0 Å². The van der Waals surface area contributed by atoms with E-state index in [2.05, 4.69) is 39.1 Å². The van der Waals surface area contributed by atoms with Crippen molar-refractivity contribution < 1.29 is 9.47 Å². The molecule has 4 aromatic carbocycles. The quantitative estimate of drug-likeness (QED) is 0.205. The number of pyridine rings is 1. The minimum Gasteiger partial charge on any atom is -0.457 e. The van der Waals surface area contributed by atoms with Gasteiger partial charge in [0.2, 0.25) is 5.88 Å². The lowest BCUT2D eigenvalue weighted by Crippen LogP contribution is -2.10. The highest BCUT2D eigenvalue weighted by Crippen LogP contribution is 2.40. The Kier molecular flexibility index (Phi) is 6.74. The van der Waals surface area contributed by atoms with Crippen molar-refractivity contribution in [2.24, 2.45) is 7.05 Å². The molecule has 0 atom stereocenters. The highest BCUT2D eigenvalue weighted by atomic mass is 16.5. The zero-order valence-electron chi connectivity index (χ0n) is 21.4. The Hall–Kier alpha value is -5.36. The standard InChI is InChI=1S/C33H26N4O2/c1-36-20-19-35-33(36)25-11-10-16-29(21-25)38-30-22-28(23-31(24-30)39-32-17-8-9-18-34-32)37(26-12-4-2-5-13-26)27-14-6-3-7-15-27/h2-24H,1H3. The summed E-state index contributed by atoms with van der Waals surface area (Å²) in [5.41, 5.74) is 3.88. The molecule has 0 radical (unpaired) electrons. The third-order valence-electron chi connectivity index (χ3n) is 6.16. The van der Waals surface area contributed by atoms with Crippen LogP contribution in [0, 0.1) is 0 Å². The van der Waals surface area contributed by atoms with E-state index < -0.39 is 0 Å². The van der Waals surface area contributed by atoms with Gasteiger partial charge in [-0.1, -0.05) is 54.6 Å². The van der Waals surface area contributed by atoms with Gasteiger partial charge in [-0.2, -0.15) is 0 Å². The number of aromatic nitrogens is 3. The summed E-state index contributed by atoms with van der Waals surface area (Å²) < 4.78 is 14.6. The number of rotatable bonds is 8. The smallest absolute Gasteiger partial charge is 0.219 e. The molecule has 6 rings (SSSR count). The van der Waals surface area contributed by atoms with Crippen LogP contribution in [0.2, 0.25) is 0 Å². The van der Waals surface area contributed by atoms with Crippen LogP contribution in [0.15, 0.2) is 140 Å². The number of anilines is 3. The van der Waals surface area contributed by atoms with Crippen molar-refractivity contribution in [1.29, 1.82) is 0 Å². The van der Waals surface area contributed by atoms with Gasteiger partial charge in [-0.3, -0.25) is 0 Å². The molecule has 0 unspecified atom stereocenters. The van der Waals surface area contributed by atoms with E-state index in [0.29, 0.717) is 23.1 Å². The summed E-state index contributed by atoms with van der Waals surface area (Å²) >= 11 is 0. The SMILES string of the molecule is Cn1ccnc1-c1cccc(Oc2cc(Oc3ccccn3)cc(N(c3ccccc3)c3ccccc3)c2)c1. The van der Waals surface area contributed by atoms with Gasteiger partial charge in [0, 0.05) is 66.8 Å². The van der Waals surface area contributed by atoms with Crippen LogP contribution in [0.3, 0.4) is 0 Å². The maximum absolute atomic E-state index is 6.43. The Morgan fingerprint density at radius 1 is 0.564 bits per heavy atom. The van der Waals surface area contributed by atoms with Crippen molar-refractivity contribution >= 4 is 17.1 Å². The Morgan fingerprint density at radius 3 is 1.90 bits per heavy atom. The average molecular weight is 511 g/mol. The summed E-state index contributed by atoms with van der Waals surface area (Å²) in [5.74, 6) is 3.31. The number of nitrogens with zero attached hydrogens (tertiary/aromatic N) is 4. The first-order valence-corrected chi connectivity index (χ1v) is 12.6. The number of hydrogen-bond acceptors (Lipinski definition) is 5. The molecule has 0 bridgehead atoms. The topological polar surface area (TPSA) is 52.4 Å². The maximum atomic E-state index is 6.43. The molecule has 0 fully saturated rings. The first-order valence-electron chi connectivity index (χ1n) is 12.6. The van der Waals surface area contributed by atoms with Crippen LogP contribution in [0.25, 0.3) is 11.4 Å². The molecule has 0 amide bonds. The predicted octanol–water partition coefficient (Wildman–Crippen LogP) is 8.54. The van der Waals surface area contributed by atoms with Gasteiger partial charge in [-0.25, -0.2) is 9.97 Å². The lowest BCUT2D eigenvalue weighted by Gasteiger charge is -2.26. The van der Waals surface area contributed by atoms with Gasteiger partial charge < -0.3 is 18.9 Å². The van der Waals surface area contributed by atoms with Crippen molar-refractivity contribution in [2.45, 2.75) is 0 Å². The fraction of sp³-hybridized carbons (Fsp3) is 0.0303. The molecule has 0 saturated carbocycles. The van der Waals surface area contributed by atoms with Crippen LogP contribution < -0.4 is 14.4 Å². The molecule has 0 aliphatic heterocycles. The third-order valence-corrected chi connectivity index (χ3v) is 6.16. The zero-order chi connectivity index (χ0) is 26.4. The van der Waals surface area contributed by atoms with Gasteiger partial charge in [0.1, 0.15) is 23.1 Å². The second kappa shape index (κ2) is 10.9. The predicted molar refractivity (Wildman–Crippen MR) is 154 cm³/mol. The van der Waals surface area contributed by atoms with Crippen molar-refractivity contribution in [3.8, 4) is 34.5 Å². The van der Waals surface area contributed by atoms with Crippen molar-refractivity contribution in [1.82, 2.24) is 14.5 Å². The highest BCUT2D eigenvalue weighted by Gasteiger charge is 2.16. The number of hydrogen-bond donors (Lipinski definition) is 0. The van der Waals surface area contributed by atoms with Crippen molar-refractivity contribution in [3.63, 3.8) is 0 Å². The van der Waals surface area contributed by atoms with Crippen molar-refractivity contribution in [3.05, 3.63) is 140 Å². The summed E-state index contributed by atoms with van der Waals surface area (Å²) in [6.07, 6.45) is 5.42. The number of ether oxygens (including phenoxy) is 2. The number of aryl methyl sites for hydroxylation is 1. The lowest BCUT2D eigenvalue weighted by atomic mass is 10.1. The van der Waals surface area contributed by atoms with Crippen LogP contribution >= 0.6 is 0 Å². The molecule has 39 heavy (non-hydrogen) atoms. The molecular weight excluding hydrogens is 484 g/mol.